The normalized spacial score (nSPS) is 18.1. The van der Waals surface area contributed by atoms with Crippen molar-refractivity contribution in [2.75, 3.05) is 5.32 Å². The van der Waals surface area contributed by atoms with E-state index >= 15 is 0 Å². The third kappa shape index (κ3) is 7.55. The van der Waals surface area contributed by atoms with Gasteiger partial charge in [-0.25, -0.2) is 0 Å². The Morgan fingerprint density at radius 3 is 2.35 bits per heavy atom. The summed E-state index contributed by atoms with van der Waals surface area (Å²) in [4.78, 5) is 27.7. The van der Waals surface area contributed by atoms with E-state index in [0.717, 1.165) is 43.4 Å². The number of H-pyrrole nitrogens is 1. The molecule has 0 saturated heterocycles. The maximum atomic E-state index is 13.5. The molecular weight excluding hydrogens is 521 g/mol. The number of anilines is 1. The van der Waals surface area contributed by atoms with Crippen molar-refractivity contribution in [3.05, 3.63) is 76.9 Å². The fraction of sp³-hybridized carbons (Fsp3) is 0.414. The smallest absolute Gasteiger partial charge is 0.332 e. The van der Waals surface area contributed by atoms with Gasteiger partial charge in [0.05, 0.1) is 5.56 Å². The van der Waals surface area contributed by atoms with Crippen LogP contribution in [0.5, 0.6) is 0 Å². The molecule has 1 aliphatic rings. The van der Waals surface area contributed by atoms with Gasteiger partial charge in [0, 0.05) is 24.2 Å². The molecule has 1 aromatic heterocycles. The second-order valence-corrected chi connectivity index (χ2v) is 11.2. The van der Waals surface area contributed by atoms with Crippen LogP contribution in [0, 0.1) is 11.3 Å². The maximum absolute atomic E-state index is 13.5. The SMILES string of the molecule is CC(C)(C)C1CCC(N(Cc2ccc(C(=O)Nc3nn[nH]n3)cc2)C(=O)/C=C/c2cccc(C(F)(F)F)c2)CC1. The van der Waals surface area contributed by atoms with Gasteiger partial charge in [-0.05, 0) is 83.7 Å². The predicted molar refractivity (Wildman–Crippen MR) is 145 cm³/mol. The van der Waals surface area contributed by atoms with Crippen molar-refractivity contribution in [2.24, 2.45) is 11.3 Å². The monoisotopic (exact) mass is 554 g/mol. The number of tetrazole rings is 1. The minimum atomic E-state index is -4.46. The Hall–Kier alpha value is -4.02. The lowest BCUT2D eigenvalue weighted by Gasteiger charge is -2.41. The molecule has 3 aromatic rings. The number of hydrogen-bond donors (Lipinski definition) is 2. The molecule has 0 bridgehead atoms. The lowest BCUT2D eigenvalue weighted by atomic mass is 9.71. The summed E-state index contributed by atoms with van der Waals surface area (Å²) >= 11 is 0. The van der Waals surface area contributed by atoms with Crippen LogP contribution in [-0.4, -0.2) is 43.4 Å². The molecule has 2 N–H and O–H groups in total. The molecule has 0 radical (unpaired) electrons. The van der Waals surface area contributed by atoms with E-state index in [1.54, 1.807) is 29.2 Å². The molecule has 0 spiro atoms. The van der Waals surface area contributed by atoms with Gasteiger partial charge >= 0.3 is 6.18 Å². The van der Waals surface area contributed by atoms with Crippen molar-refractivity contribution in [3.8, 4) is 0 Å². The van der Waals surface area contributed by atoms with E-state index in [4.69, 9.17) is 0 Å². The molecule has 4 rings (SSSR count). The van der Waals surface area contributed by atoms with Crippen LogP contribution in [0.2, 0.25) is 0 Å². The third-order valence-corrected chi connectivity index (χ3v) is 7.42. The van der Waals surface area contributed by atoms with E-state index in [1.165, 1.54) is 24.3 Å². The number of rotatable bonds is 7. The summed E-state index contributed by atoms with van der Waals surface area (Å²) in [5.41, 5.74) is 0.942. The van der Waals surface area contributed by atoms with E-state index in [2.05, 4.69) is 46.7 Å². The maximum Gasteiger partial charge on any atom is 0.416 e. The highest BCUT2D eigenvalue weighted by atomic mass is 19.4. The molecule has 2 aromatic carbocycles. The molecule has 40 heavy (non-hydrogen) atoms. The Morgan fingerprint density at radius 1 is 1.05 bits per heavy atom. The number of nitrogens with one attached hydrogen (secondary N) is 2. The highest BCUT2D eigenvalue weighted by molar-refractivity contribution is 6.03. The quantitative estimate of drug-likeness (QED) is 0.343. The fourth-order valence-corrected chi connectivity index (χ4v) is 5.07. The first-order chi connectivity index (χ1) is 18.9. The third-order valence-electron chi connectivity index (χ3n) is 7.42. The number of aromatic amines is 1. The van der Waals surface area contributed by atoms with Crippen molar-refractivity contribution >= 4 is 23.8 Å². The second-order valence-electron chi connectivity index (χ2n) is 11.2. The molecule has 0 unspecified atom stereocenters. The van der Waals surface area contributed by atoms with Gasteiger partial charge in [0.25, 0.3) is 11.9 Å². The number of carbonyl (C=O) groups excluding carboxylic acids is 2. The fourth-order valence-electron chi connectivity index (χ4n) is 5.07. The molecule has 0 atom stereocenters. The van der Waals surface area contributed by atoms with Crippen LogP contribution in [-0.2, 0) is 17.5 Å². The number of carbonyl (C=O) groups is 2. The van der Waals surface area contributed by atoms with Gasteiger partial charge < -0.3 is 4.90 Å². The Balaban J connectivity index is 1.51. The van der Waals surface area contributed by atoms with E-state index in [1.807, 2.05) is 0 Å². The van der Waals surface area contributed by atoms with Gasteiger partial charge in [0.1, 0.15) is 0 Å². The van der Waals surface area contributed by atoms with Gasteiger partial charge in [-0.2, -0.15) is 18.4 Å². The topological polar surface area (TPSA) is 104 Å². The summed E-state index contributed by atoms with van der Waals surface area (Å²) < 4.78 is 39.4. The highest BCUT2D eigenvalue weighted by Gasteiger charge is 2.33. The van der Waals surface area contributed by atoms with Crippen molar-refractivity contribution in [3.63, 3.8) is 0 Å². The van der Waals surface area contributed by atoms with E-state index in [-0.39, 0.29) is 23.3 Å². The molecule has 212 valence electrons. The molecule has 2 amide bonds. The molecule has 0 aliphatic heterocycles. The second kappa shape index (κ2) is 12.0. The minimum Gasteiger partial charge on any atom is -0.332 e. The number of benzene rings is 2. The first-order valence-electron chi connectivity index (χ1n) is 13.2. The van der Waals surface area contributed by atoms with Crippen LogP contribution in [0.3, 0.4) is 0 Å². The lowest BCUT2D eigenvalue weighted by Crippen LogP contribution is -2.42. The molecule has 1 aliphatic carbocycles. The van der Waals surface area contributed by atoms with Crippen LogP contribution in [0.1, 0.15) is 73.5 Å². The van der Waals surface area contributed by atoms with Crippen LogP contribution < -0.4 is 5.32 Å². The summed E-state index contributed by atoms with van der Waals surface area (Å²) in [6, 6.07) is 11.8. The Bertz CT molecular complexity index is 1320. The van der Waals surface area contributed by atoms with Crippen LogP contribution in [0.15, 0.2) is 54.6 Å². The van der Waals surface area contributed by atoms with Gasteiger partial charge in [-0.3, -0.25) is 14.9 Å². The average Bonchev–Trinajstić information content (AvgIpc) is 3.43. The molecule has 11 heteroatoms. The van der Waals surface area contributed by atoms with Crippen molar-refractivity contribution in [1.29, 1.82) is 0 Å². The summed E-state index contributed by atoms with van der Waals surface area (Å²) in [6.45, 7) is 7.00. The minimum absolute atomic E-state index is 0.00141. The zero-order chi connectivity index (χ0) is 28.9. The molecular formula is C29H33F3N6O2. The largest absolute Gasteiger partial charge is 0.416 e. The first-order valence-corrected chi connectivity index (χ1v) is 13.2. The summed E-state index contributed by atoms with van der Waals surface area (Å²) in [7, 11) is 0. The lowest BCUT2D eigenvalue weighted by molar-refractivity contribution is -0.137. The molecule has 1 saturated carbocycles. The van der Waals surface area contributed by atoms with Crippen molar-refractivity contribution in [1.82, 2.24) is 25.5 Å². The predicted octanol–water partition coefficient (Wildman–Crippen LogP) is 6.12. The highest BCUT2D eigenvalue weighted by Crippen LogP contribution is 2.39. The summed E-state index contributed by atoms with van der Waals surface area (Å²) in [6.07, 6.45) is 1.98. The number of halogens is 3. The van der Waals surface area contributed by atoms with Crippen molar-refractivity contribution in [2.45, 2.75) is 65.2 Å². The number of alkyl halides is 3. The first kappa shape index (κ1) is 29.0. The average molecular weight is 555 g/mol. The van der Waals surface area contributed by atoms with E-state index in [9.17, 15) is 22.8 Å². The van der Waals surface area contributed by atoms with E-state index in [0.29, 0.717) is 23.6 Å². The number of nitrogens with zero attached hydrogens (tertiary/aromatic N) is 4. The van der Waals surface area contributed by atoms with Crippen LogP contribution >= 0.6 is 0 Å². The zero-order valence-electron chi connectivity index (χ0n) is 22.7. The molecule has 8 nitrogen and oxygen atoms in total. The van der Waals surface area contributed by atoms with E-state index < -0.39 is 17.6 Å². The summed E-state index contributed by atoms with van der Waals surface area (Å²) in [5.74, 6) is -0.0522. The van der Waals surface area contributed by atoms with Gasteiger partial charge in [0.15, 0.2) is 0 Å². The van der Waals surface area contributed by atoms with Gasteiger partial charge in [-0.15, -0.1) is 5.10 Å². The Kier molecular flexibility index (Phi) is 8.70. The standard InChI is InChI=1S/C29H33F3N6O2/c1-28(2,3)22-12-14-24(15-13-22)38(25(39)16-9-19-5-4-6-23(17-19)29(30,31)32)18-20-7-10-21(11-8-20)26(40)33-27-34-36-37-35-27/h4-11,16-17,22,24H,12-15,18H2,1-3H3,(H2,33,34,35,36,37,40)/b16-9+. The Morgan fingerprint density at radius 2 is 1.75 bits per heavy atom. The number of aromatic nitrogens is 4. The summed E-state index contributed by atoms with van der Waals surface area (Å²) in [5, 5.41) is 15.6. The molecule has 1 heterocycles. The van der Waals surface area contributed by atoms with Gasteiger partial charge in [-0.1, -0.05) is 50.1 Å². The number of amides is 2. The molecule has 1 fully saturated rings. The van der Waals surface area contributed by atoms with Crippen molar-refractivity contribution < 1.29 is 22.8 Å². The Labute approximate surface area is 231 Å². The number of hydrogen-bond acceptors (Lipinski definition) is 5. The zero-order valence-corrected chi connectivity index (χ0v) is 22.7. The van der Waals surface area contributed by atoms with Gasteiger partial charge in [0.2, 0.25) is 5.91 Å². The van der Waals surface area contributed by atoms with Crippen LogP contribution in [0.25, 0.3) is 6.08 Å². The van der Waals surface area contributed by atoms with Crippen LogP contribution in [0.4, 0.5) is 19.1 Å².